The first-order valence-corrected chi connectivity index (χ1v) is 4.23. The molecule has 0 spiro atoms. The number of aliphatic hydroxyl groups is 1. The number of rotatable bonds is 3. The second-order valence-corrected chi connectivity index (χ2v) is 3.58. The van der Waals surface area contributed by atoms with E-state index >= 15 is 0 Å². The molecule has 1 rings (SSSR count). The summed E-state index contributed by atoms with van der Waals surface area (Å²) >= 11 is 0. The molecule has 1 saturated heterocycles. The molecule has 0 bridgehead atoms. The minimum absolute atomic E-state index is 0.116. The molecule has 11 heavy (non-hydrogen) atoms. The molecule has 1 aliphatic heterocycles. The second-order valence-electron chi connectivity index (χ2n) is 3.58. The van der Waals surface area contributed by atoms with Crippen LogP contribution in [0.4, 0.5) is 0 Å². The number of hydrogen-bond acceptors (Lipinski definition) is 3. The molecule has 0 aliphatic carbocycles. The molecular weight excluding hydrogens is 140 g/mol. The summed E-state index contributed by atoms with van der Waals surface area (Å²) in [4.78, 5) is 2.16. The summed E-state index contributed by atoms with van der Waals surface area (Å²) in [6, 6.07) is 0. The topological polar surface area (TPSA) is 35.5 Å². The van der Waals surface area contributed by atoms with Crippen LogP contribution in [0.5, 0.6) is 0 Å². The van der Waals surface area contributed by atoms with Gasteiger partial charge in [0.05, 0.1) is 6.10 Å². The third kappa shape index (κ3) is 2.77. The minimum atomic E-state index is -0.116. The van der Waals surface area contributed by atoms with Gasteiger partial charge < -0.3 is 15.3 Å². The predicted octanol–water partition coefficient (Wildman–Crippen LogP) is -0.482. The fourth-order valence-corrected chi connectivity index (χ4v) is 1.44. The number of nitrogens with zero attached hydrogens (tertiary/aromatic N) is 1. The molecule has 0 aromatic rings. The lowest BCUT2D eigenvalue weighted by molar-refractivity contribution is 0.137. The Morgan fingerprint density at radius 2 is 2.18 bits per heavy atom. The van der Waals surface area contributed by atoms with Crippen LogP contribution in [0.2, 0.25) is 0 Å². The van der Waals surface area contributed by atoms with Gasteiger partial charge in [0.2, 0.25) is 0 Å². The van der Waals surface area contributed by atoms with Crippen LogP contribution in [0.15, 0.2) is 0 Å². The van der Waals surface area contributed by atoms with E-state index in [-0.39, 0.29) is 6.10 Å². The van der Waals surface area contributed by atoms with Crippen LogP contribution in [0.3, 0.4) is 0 Å². The molecule has 2 atom stereocenters. The van der Waals surface area contributed by atoms with E-state index in [2.05, 4.69) is 24.3 Å². The summed E-state index contributed by atoms with van der Waals surface area (Å²) in [7, 11) is 4.13. The molecule has 0 saturated carbocycles. The highest BCUT2D eigenvalue weighted by molar-refractivity contribution is 4.80. The first-order chi connectivity index (χ1) is 5.20. The van der Waals surface area contributed by atoms with E-state index in [1.54, 1.807) is 0 Å². The lowest BCUT2D eigenvalue weighted by Crippen LogP contribution is -2.23. The van der Waals surface area contributed by atoms with E-state index in [4.69, 9.17) is 0 Å². The zero-order valence-electron chi connectivity index (χ0n) is 7.38. The van der Waals surface area contributed by atoms with Crippen molar-refractivity contribution >= 4 is 0 Å². The number of β-amino-alcohol motifs (C(OH)–C–C–N with tert-alkyl or cyclic N) is 1. The Bertz CT molecular complexity index is 117. The molecule has 1 aliphatic rings. The Morgan fingerprint density at radius 3 is 2.64 bits per heavy atom. The summed E-state index contributed by atoms with van der Waals surface area (Å²) in [5, 5.41) is 12.6. The van der Waals surface area contributed by atoms with Crippen LogP contribution in [0.1, 0.15) is 6.42 Å². The zero-order valence-corrected chi connectivity index (χ0v) is 7.38. The Morgan fingerprint density at radius 1 is 1.45 bits per heavy atom. The van der Waals surface area contributed by atoms with Crippen LogP contribution in [-0.4, -0.2) is 49.8 Å². The van der Waals surface area contributed by atoms with E-state index in [1.165, 1.54) is 0 Å². The molecule has 3 nitrogen and oxygen atoms in total. The summed E-state index contributed by atoms with van der Waals surface area (Å²) in [5.74, 6) is 0.470. The van der Waals surface area contributed by atoms with Gasteiger partial charge in [-0.15, -0.1) is 0 Å². The highest BCUT2D eigenvalue weighted by Gasteiger charge is 2.23. The van der Waals surface area contributed by atoms with Crippen molar-refractivity contribution in [2.45, 2.75) is 12.5 Å². The normalized spacial score (nSPS) is 31.6. The first kappa shape index (κ1) is 8.97. The molecule has 66 valence electrons. The van der Waals surface area contributed by atoms with Gasteiger partial charge in [0.25, 0.3) is 0 Å². The molecule has 0 aromatic heterocycles. The molecule has 0 unspecified atom stereocenters. The van der Waals surface area contributed by atoms with Gasteiger partial charge in [-0.05, 0) is 33.0 Å². The quantitative estimate of drug-likeness (QED) is 0.582. The number of hydrogen-bond donors (Lipinski definition) is 2. The van der Waals surface area contributed by atoms with Crippen LogP contribution in [-0.2, 0) is 0 Å². The van der Waals surface area contributed by atoms with Crippen LogP contribution in [0.25, 0.3) is 0 Å². The Kier molecular flexibility index (Phi) is 3.30. The maximum atomic E-state index is 9.42. The predicted molar refractivity (Wildman–Crippen MR) is 45.5 cm³/mol. The van der Waals surface area contributed by atoms with Gasteiger partial charge in [0, 0.05) is 13.1 Å². The van der Waals surface area contributed by atoms with Crippen molar-refractivity contribution in [2.75, 3.05) is 33.7 Å². The van der Waals surface area contributed by atoms with E-state index < -0.39 is 0 Å². The van der Waals surface area contributed by atoms with Gasteiger partial charge in [-0.25, -0.2) is 0 Å². The van der Waals surface area contributed by atoms with Crippen molar-refractivity contribution in [2.24, 2.45) is 5.92 Å². The van der Waals surface area contributed by atoms with Gasteiger partial charge >= 0.3 is 0 Å². The van der Waals surface area contributed by atoms with Gasteiger partial charge in [0.1, 0.15) is 0 Å². The minimum Gasteiger partial charge on any atom is -0.391 e. The lowest BCUT2D eigenvalue weighted by atomic mass is 10.0. The van der Waals surface area contributed by atoms with Crippen molar-refractivity contribution in [3.63, 3.8) is 0 Å². The highest BCUT2D eigenvalue weighted by atomic mass is 16.3. The van der Waals surface area contributed by atoms with Gasteiger partial charge in [-0.3, -0.25) is 0 Å². The third-order valence-corrected chi connectivity index (χ3v) is 2.25. The van der Waals surface area contributed by atoms with E-state index in [9.17, 15) is 5.11 Å². The van der Waals surface area contributed by atoms with E-state index in [0.29, 0.717) is 5.92 Å². The molecule has 1 fully saturated rings. The van der Waals surface area contributed by atoms with Gasteiger partial charge in [-0.2, -0.15) is 0 Å². The highest BCUT2D eigenvalue weighted by Crippen LogP contribution is 2.12. The number of aliphatic hydroxyl groups excluding tert-OH is 1. The maximum absolute atomic E-state index is 9.42. The zero-order chi connectivity index (χ0) is 8.27. The Labute approximate surface area is 68.4 Å². The molecule has 3 heteroatoms. The average Bonchev–Trinajstić information content (AvgIpc) is 2.31. The maximum Gasteiger partial charge on any atom is 0.0705 e. The van der Waals surface area contributed by atoms with Crippen LogP contribution in [0, 0.1) is 5.92 Å². The van der Waals surface area contributed by atoms with Gasteiger partial charge in [-0.1, -0.05) is 0 Å². The smallest absolute Gasteiger partial charge is 0.0705 e. The van der Waals surface area contributed by atoms with Crippen molar-refractivity contribution in [1.29, 1.82) is 0 Å². The van der Waals surface area contributed by atoms with E-state index in [1.807, 2.05) is 0 Å². The standard InChI is InChI=1S/C8H18N2O/c1-10(2)4-3-7-5-9-6-8(7)11/h7-9,11H,3-6H2,1-2H3/t7-,8-/m1/s1. The van der Waals surface area contributed by atoms with Gasteiger partial charge in [0.15, 0.2) is 0 Å². The van der Waals surface area contributed by atoms with Crippen molar-refractivity contribution in [1.82, 2.24) is 10.2 Å². The summed E-state index contributed by atoms with van der Waals surface area (Å²) in [6.07, 6.45) is 0.983. The molecule has 2 N–H and O–H groups in total. The fraction of sp³-hybridized carbons (Fsp3) is 1.00. The van der Waals surface area contributed by atoms with Crippen molar-refractivity contribution in [3.8, 4) is 0 Å². The molecule has 0 amide bonds. The SMILES string of the molecule is CN(C)CC[C@@H]1CNC[C@H]1O. The Hall–Kier alpha value is -0.120. The average molecular weight is 158 g/mol. The summed E-state index contributed by atoms with van der Waals surface area (Å²) in [5.41, 5.74) is 0. The number of nitrogens with one attached hydrogen (secondary N) is 1. The van der Waals surface area contributed by atoms with Crippen LogP contribution >= 0.6 is 0 Å². The molecule has 1 heterocycles. The summed E-state index contributed by atoms with van der Waals surface area (Å²) in [6.45, 7) is 2.83. The second kappa shape index (κ2) is 4.04. The molecular formula is C8H18N2O. The van der Waals surface area contributed by atoms with Crippen molar-refractivity contribution in [3.05, 3.63) is 0 Å². The van der Waals surface area contributed by atoms with Crippen molar-refractivity contribution < 1.29 is 5.11 Å². The molecule has 0 radical (unpaired) electrons. The van der Waals surface area contributed by atoms with E-state index in [0.717, 1.165) is 26.1 Å². The monoisotopic (exact) mass is 158 g/mol. The largest absolute Gasteiger partial charge is 0.391 e. The lowest BCUT2D eigenvalue weighted by Gasteiger charge is -2.15. The summed E-state index contributed by atoms with van der Waals surface area (Å²) < 4.78 is 0. The first-order valence-electron chi connectivity index (χ1n) is 4.23. The third-order valence-electron chi connectivity index (χ3n) is 2.25. The molecule has 0 aromatic carbocycles. The fourth-order valence-electron chi connectivity index (χ4n) is 1.44. The Balaban J connectivity index is 2.15. The van der Waals surface area contributed by atoms with Crippen LogP contribution < -0.4 is 5.32 Å².